The molecule has 156 valence electrons. The average Bonchev–Trinajstić information content (AvgIpc) is 2.71. The van der Waals surface area contributed by atoms with Crippen molar-refractivity contribution in [3.63, 3.8) is 0 Å². The second-order valence-electron chi connectivity index (χ2n) is 7.35. The van der Waals surface area contributed by atoms with Crippen LogP contribution in [0.15, 0.2) is 42.5 Å². The molecular formula is C22H27ClFN3O2. The molecule has 0 aliphatic carbocycles. The number of likely N-dealkylation sites (N-methyl/N-ethyl adjacent to an activating group) is 1. The van der Waals surface area contributed by atoms with Crippen LogP contribution in [0, 0.1) is 5.82 Å². The van der Waals surface area contributed by atoms with Gasteiger partial charge in [0.15, 0.2) is 0 Å². The molecule has 1 heterocycles. The third-order valence-electron chi connectivity index (χ3n) is 4.93. The van der Waals surface area contributed by atoms with Crippen molar-refractivity contribution in [2.24, 2.45) is 0 Å². The maximum absolute atomic E-state index is 13.9. The van der Waals surface area contributed by atoms with E-state index in [0.29, 0.717) is 17.1 Å². The number of rotatable bonds is 8. The Labute approximate surface area is 176 Å². The van der Waals surface area contributed by atoms with Crippen LogP contribution in [-0.2, 0) is 29.2 Å². The zero-order valence-corrected chi connectivity index (χ0v) is 17.4. The molecule has 5 nitrogen and oxygen atoms in total. The Balaban J connectivity index is 1.42. The highest BCUT2D eigenvalue weighted by molar-refractivity contribution is 6.31. The maximum atomic E-state index is 13.9. The van der Waals surface area contributed by atoms with Gasteiger partial charge in [-0.1, -0.05) is 41.9 Å². The number of amides is 1. The zero-order valence-electron chi connectivity index (χ0n) is 16.7. The molecule has 1 aliphatic heterocycles. The van der Waals surface area contributed by atoms with E-state index >= 15 is 0 Å². The normalized spacial score (nSPS) is 14.9. The smallest absolute Gasteiger partial charge is 0.234 e. The van der Waals surface area contributed by atoms with Crippen LogP contribution in [0.1, 0.15) is 16.7 Å². The molecular weight excluding hydrogens is 393 g/mol. The Bertz CT molecular complexity index is 790. The molecule has 0 bridgehead atoms. The Hall–Kier alpha value is -1.99. The fourth-order valence-corrected chi connectivity index (χ4v) is 3.51. The fourth-order valence-electron chi connectivity index (χ4n) is 3.29. The lowest BCUT2D eigenvalue weighted by atomic mass is 10.1. The molecule has 0 radical (unpaired) electrons. The Morgan fingerprint density at radius 1 is 1.17 bits per heavy atom. The highest BCUT2D eigenvalue weighted by atomic mass is 35.5. The van der Waals surface area contributed by atoms with Crippen molar-refractivity contribution in [2.75, 3.05) is 39.9 Å². The number of halogens is 2. The summed E-state index contributed by atoms with van der Waals surface area (Å²) in [6.07, 6.45) is 0. The highest BCUT2D eigenvalue weighted by Gasteiger charge is 2.13. The number of hydrogen-bond acceptors (Lipinski definition) is 4. The lowest BCUT2D eigenvalue weighted by Gasteiger charge is -2.26. The van der Waals surface area contributed by atoms with E-state index in [9.17, 15) is 9.18 Å². The number of nitrogens with one attached hydrogen (secondary N) is 1. The molecule has 0 unspecified atom stereocenters. The van der Waals surface area contributed by atoms with Crippen molar-refractivity contribution >= 4 is 17.5 Å². The molecule has 1 amide bonds. The first-order valence-corrected chi connectivity index (χ1v) is 10.1. The average molecular weight is 420 g/mol. The Morgan fingerprint density at radius 3 is 2.55 bits per heavy atom. The van der Waals surface area contributed by atoms with Crippen LogP contribution in [0.3, 0.4) is 0 Å². The third kappa shape index (κ3) is 6.78. The minimum Gasteiger partial charge on any atom is -0.379 e. The van der Waals surface area contributed by atoms with Crippen molar-refractivity contribution in [1.82, 2.24) is 15.1 Å². The minimum atomic E-state index is -0.359. The van der Waals surface area contributed by atoms with Crippen LogP contribution < -0.4 is 5.32 Å². The molecule has 29 heavy (non-hydrogen) atoms. The van der Waals surface area contributed by atoms with Crippen LogP contribution in [0.2, 0.25) is 5.02 Å². The van der Waals surface area contributed by atoms with Gasteiger partial charge in [0.05, 0.1) is 19.8 Å². The van der Waals surface area contributed by atoms with Gasteiger partial charge >= 0.3 is 0 Å². The standard InChI is InChI=1S/C22H27ClFN3O2/c1-26(15-19-20(23)3-2-4-21(19)24)16-22(28)25-13-17-5-7-18(8-6-17)14-27-9-11-29-12-10-27/h2-8H,9-16H2,1H3,(H,25,28). The summed E-state index contributed by atoms with van der Waals surface area (Å²) in [5.74, 6) is -0.473. The Kier molecular flexibility index (Phi) is 8.00. The van der Waals surface area contributed by atoms with Crippen LogP contribution in [-0.4, -0.2) is 55.6 Å². The zero-order chi connectivity index (χ0) is 20.6. The second kappa shape index (κ2) is 10.7. The number of carbonyl (C=O) groups excluding carboxylic acids is 1. The van der Waals surface area contributed by atoms with Gasteiger partial charge in [-0.25, -0.2) is 4.39 Å². The van der Waals surface area contributed by atoms with Gasteiger partial charge in [-0.3, -0.25) is 14.6 Å². The lowest BCUT2D eigenvalue weighted by molar-refractivity contribution is -0.122. The monoisotopic (exact) mass is 419 g/mol. The number of benzene rings is 2. The summed E-state index contributed by atoms with van der Waals surface area (Å²) in [7, 11) is 1.77. The first-order chi connectivity index (χ1) is 14.0. The minimum absolute atomic E-state index is 0.114. The fraction of sp³-hybridized carbons (Fsp3) is 0.409. The lowest BCUT2D eigenvalue weighted by Crippen LogP contribution is -2.35. The Morgan fingerprint density at radius 2 is 1.86 bits per heavy atom. The molecule has 1 aliphatic rings. The molecule has 0 atom stereocenters. The van der Waals surface area contributed by atoms with Crippen LogP contribution >= 0.6 is 11.6 Å². The van der Waals surface area contributed by atoms with Gasteiger partial charge in [-0.05, 0) is 30.3 Å². The quantitative estimate of drug-likeness (QED) is 0.714. The number of morpholine rings is 1. The maximum Gasteiger partial charge on any atom is 0.234 e. The summed E-state index contributed by atoms with van der Waals surface area (Å²) in [4.78, 5) is 16.3. The largest absolute Gasteiger partial charge is 0.379 e. The summed E-state index contributed by atoms with van der Waals surface area (Å²) in [6.45, 7) is 5.33. The third-order valence-corrected chi connectivity index (χ3v) is 5.28. The molecule has 1 fully saturated rings. The van der Waals surface area contributed by atoms with Crippen LogP contribution in [0.4, 0.5) is 4.39 Å². The van der Waals surface area contributed by atoms with Crippen molar-refractivity contribution in [3.8, 4) is 0 Å². The van der Waals surface area contributed by atoms with E-state index in [1.54, 1.807) is 24.1 Å². The van der Waals surface area contributed by atoms with Crippen molar-refractivity contribution in [3.05, 3.63) is 70.0 Å². The van der Waals surface area contributed by atoms with E-state index in [1.807, 2.05) is 12.1 Å². The highest BCUT2D eigenvalue weighted by Crippen LogP contribution is 2.20. The number of hydrogen-bond donors (Lipinski definition) is 1. The first-order valence-electron chi connectivity index (χ1n) is 9.77. The SMILES string of the molecule is CN(CC(=O)NCc1ccc(CN2CCOCC2)cc1)Cc1c(F)cccc1Cl. The van der Waals surface area contributed by atoms with E-state index in [2.05, 4.69) is 22.3 Å². The van der Waals surface area contributed by atoms with E-state index in [-0.39, 0.29) is 24.8 Å². The van der Waals surface area contributed by atoms with Gasteiger partial charge in [0.25, 0.3) is 0 Å². The number of ether oxygens (including phenoxy) is 1. The van der Waals surface area contributed by atoms with Gasteiger partial charge in [-0.2, -0.15) is 0 Å². The summed E-state index contributed by atoms with van der Waals surface area (Å²) in [6, 6.07) is 12.9. The van der Waals surface area contributed by atoms with Crippen molar-refractivity contribution in [2.45, 2.75) is 19.6 Å². The molecule has 0 aromatic heterocycles. The predicted octanol–water partition coefficient (Wildman–Crippen LogP) is 3.06. The van der Waals surface area contributed by atoms with Gasteiger partial charge in [0, 0.05) is 43.3 Å². The van der Waals surface area contributed by atoms with Gasteiger partial charge < -0.3 is 10.1 Å². The second-order valence-corrected chi connectivity index (χ2v) is 7.76. The molecule has 0 saturated carbocycles. The van der Waals surface area contributed by atoms with E-state index in [4.69, 9.17) is 16.3 Å². The van der Waals surface area contributed by atoms with Crippen LogP contribution in [0.5, 0.6) is 0 Å². The summed E-state index contributed by atoms with van der Waals surface area (Å²) in [5.41, 5.74) is 2.70. The summed E-state index contributed by atoms with van der Waals surface area (Å²) >= 11 is 6.05. The van der Waals surface area contributed by atoms with Crippen molar-refractivity contribution < 1.29 is 13.9 Å². The number of nitrogens with zero attached hydrogens (tertiary/aromatic N) is 2. The molecule has 0 spiro atoms. The predicted molar refractivity (Wildman–Crippen MR) is 112 cm³/mol. The topological polar surface area (TPSA) is 44.8 Å². The molecule has 1 N–H and O–H groups in total. The number of carbonyl (C=O) groups is 1. The summed E-state index contributed by atoms with van der Waals surface area (Å²) < 4.78 is 19.3. The van der Waals surface area contributed by atoms with E-state index in [1.165, 1.54) is 11.6 Å². The first kappa shape index (κ1) is 21.7. The molecule has 2 aromatic rings. The van der Waals surface area contributed by atoms with Gasteiger partial charge in [-0.15, -0.1) is 0 Å². The summed E-state index contributed by atoms with van der Waals surface area (Å²) in [5, 5.41) is 3.28. The molecule has 1 saturated heterocycles. The van der Waals surface area contributed by atoms with Gasteiger partial charge in [0.1, 0.15) is 5.82 Å². The van der Waals surface area contributed by atoms with E-state index in [0.717, 1.165) is 38.4 Å². The van der Waals surface area contributed by atoms with E-state index < -0.39 is 0 Å². The molecule has 2 aromatic carbocycles. The van der Waals surface area contributed by atoms with Crippen molar-refractivity contribution in [1.29, 1.82) is 0 Å². The molecule has 3 rings (SSSR count). The van der Waals surface area contributed by atoms with Gasteiger partial charge in [0.2, 0.25) is 5.91 Å². The van der Waals surface area contributed by atoms with Crippen LogP contribution in [0.25, 0.3) is 0 Å². The molecule has 7 heteroatoms.